The highest BCUT2D eigenvalue weighted by molar-refractivity contribution is 6.11. The molecule has 3 N–H and O–H groups in total. The lowest BCUT2D eigenvalue weighted by Crippen LogP contribution is -2.16. The van der Waals surface area contributed by atoms with Gasteiger partial charge in [0.2, 0.25) is 5.91 Å². The molecule has 0 saturated carbocycles. The number of amides is 2. The van der Waals surface area contributed by atoms with Crippen LogP contribution in [0.15, 0.2) is 36.7 Å². The van der Waals surface area contributed by atoms with Gasteiger partial charge in [-0.1, -0.05) is 6.92 Å². The third-order valence-corrected chi connectivity index (χ3v) is 4.11. The van der Waals surface area contributed by atoms with Crippen molar-refractivity contribution >= 4 is 34.1 Å². The summed E-state index contributed by atoms with van der Waals surface area (Å²) in [6, 6.07) is 7.91. The lowest BCUT2D eigenvalue weighted by Gasteiger charge is -2.09. The SMILES string of the molecule is CCCn1ccc2cc(NC(=O)c3c(NC(C)=O)c[nH]c3C)ccc21. The molecule has 3 aromatic rings. The van der Waals surface area contributed by atoms with E-state index in [1.165, 1.54) is 6.92 Å². The van der Waals surface area contributed by atoms with Crippen molar-refractivity contribution in [2.75, 3.05) is 10.6 Å². The van der Waals surface area contributed by atoms with Crippen LogP contribution in [0.25, 0.3) is 10.9 Å². The Morgan fingerprint density at radius 2 is 2.00 bits per heavy atom. The molecule has 6 heteroatoms. The number of nitrogens with one attached hydrogen (secondary N) is 3. The molecule has 2 amide bonds. The van der Waals surface area contributed by atoms with E-state index in [0.29, 0.717) is 16.9 Å². The van der Waals surface area contributed by atoms with E-state index >= 15 is 0 Å². The van der Waals surface area contributed by atoms with E-state index in [9.17, 15) is 9.59 Å². The van der Waals surface area contributed by atoms with Gasteiger partial charge < -0.3 is 20.2 Å². The number of aromatic nitrogens is 2. The fourth-order valence-electron chi connectivity index (χ4n) is 3.01. The fourth-order valence-corrected chi connectivity index (χ4v) is 3.01. The maximum Gasteiger partial charge on any atom is 0.259 e. The number of benzene rings is 1. The average molecular weight is 338 g/mol. The minimum atomic E-state index is -0.255. The van der Waals surface area contributed by atoms with Gasteiger partial charge in [-0.2, -0.15) is 0 Å². The van der Waals surface area contributed by atoms with Crippen LogP contribution >= 0.6 is 0 Å². The number of aromatic amines is 1. The van der Waals surface area contributed by atoms with E-state index in [1.54, 1.807) is 13.1 Å². The van der Waals surface area contributed by atoms with E-state index in [0.717, 1.165) is 29.6 Å². The van der Waals surface area contributed by atoms with Crippen molar-refractivity contribution in [3.05, 3.63) is 47.9 Å². The number of fused-ring (bicyclic) bond motifs is 1. The molecule has 25 heavy (non-hydrogen) atoms. The second kappa shape index (κ2) is 6.84. The highest BCUT2D eigenvalue weighted by Crippen LogP contribution is 2.24. The van der Waals surface area contributed by atoms with Crippen molar-refractivity contribution in [2.45, 2.75) is 33.7 Å². The normalized spacial score (nSPS) is 10.8. The average Bonchev–Trinajstić information content (AvgIpc) is 3.11. The number of hydrogen-bond donors (Lipinski definition) is 3. The molecule has 130 valence electrons. The molecule has 0 saturated heterocycles. The second-order valence-electron chi connectivity index (χ2n) is 6.12. The predicted octanol–water partition coefficient (Wildman–Crippen LogP) is 3.90. The Bertz CT molecular complexity index is 936. The zero-order valence-electron chi connectivity index (χ0n) is 14.6. The Balaban J connectivity index is 1.85. The van der Waals surface area contributed by atoms with Crippen molar-refractivity contribution in [1.82, 2.24) is 9.55 Å². The summed E-state index contributed by atoms with van der Waals surface area (Å²) in [6.45, 7) is 6.33. The van der Waals surface area contributed by atoms with Crippen molar-refractivity contribution in [1.29, 1.82) is 0 Å². The Labute approximate surface area is 146 Å². The minimum Gasteiger partial charge on any atom is -0.363 e. The van der Waals surface area contributed by atoms with Gasteiger partial charge in [0.15, 0.2) is 0 Å². The Morgan fingerprint density at radius 1 is 1.20 bits per heavy atom. The molecule has 0 radical (unpaired) electrons. The number of hydrogen-bond acceptors (Lipinski definition) is 2. The predicted molar refractivity (Wildman–Crippen MR) is 100 cm³/mol. The molecule has 3 rings (SSSR count). The van der Waals surface area contributed by atoms with Crippen LogP contribution in [0.2, 0.25) is 0 Å². The van der Waals surface area contributed by atoms with Crippen LogP contribution in [0.3, 0.4) is 0 Å². The summed E-state index contributed by atoms with van der Waals surface area (Å²) >= 11 is 0. The van der Waals surface area contributed by atoms with Gasteiger partial charge in [-0.15, -0.1) is 0 Å². The van der Waals surface area contributed by atoms with Crippen LogP contribution in [0.4, 0.5) is 11.4 Å². The van der Waals surface area contributed by atoms with Gasteiger partial charge in [-0.05, 0) is 37.6 Å². The van der Waals surface area contributed by atoms with E-state index in [1.807, 2.05) is 24.3 Å². The van der Waals surface area contributed by atoms with E-state index < -0.39 is 0 Å². The molecule has 0 bridgehead atoms. The molecule has 0 atom stereocenters. The number of nitrogens with zero attached hydrogens (tertiary/aromatic N) is 1. The Hall–Kier alpha value is -3.02. The lowest BCUT2D eigenvalue weighted by molar-refractivity contribution is -0.114. The van der Waals surface area contributed by atoms with Crippen LogP contribution in [0.5, 0.6) is 0 Å². The first-order valence-electron chi connectivity index (χ1n) is 8.35. The number of carbonyl (C=O) groups excluding carboxylic acids is 2. The molecule has 0 unspecified atom stereocenters. The van der Waals surface area contributed by atoms with E-state index in [2.05, 4.69) is 33.3 Å². The maximum atomic E-state index is 12.7. The molecule has 0 aliphatic carbocycles. The number of rotatable bonds is 5. The first kappa shape index (κ1) is 16.8. The van der Waals surface area contributed by atoms with Crippen molar-refractivity contribution in [3.8, 4) is 0 Å². The van der Waals surface area contributed by atoms with E-state index in [-0.39, 0.29) is 11.8 Å². The maximum absolute atomic E-state index is 12.7. The summed E-state index contributed by atoms with van der Waals surface area (Å²) in [5, 5.41) is 6.67. The molecule has 6 nitrogen and oxygen atoms in total. The summed E-state index contributed by atoms with van der Waals surface area (Å²) in [4.78, 5) is 26.9. The summed E-state index contributed by atoms with van der Waals surface area (Å²) in [6.07, 6.45) is 4.76. The van der Waals surface area contributed by atoms with Gasteiger partial charge >= 0.3 is 0 Å². The minimum absolute atomic E-state index is 0.216. The Morgan fingerprint density at radius 3 is 2.72 bits per heavy atom. The van der Waals surface area contributed by atoms with Crippen LogP contribution in [-0.4, -0.2) is 21.4 Å². The monoisotopic (exact) mass is 338 g/mol. The Kier molecular flexibility index (Phi) is 4.61. The molecular formula is C19H22N4O2. The molecule has 2 heterocycles. The van der Waals surface area contributed by atoms with Crippen LogP contribution in [0.1, 0.15) is 36.3 Å². The summed E-state index contributed by atoms with van der Waals surface area (Å²) in [5.41, 5.74) is 3.51. The highest BCUT2D eigenvalue weighted by atomic mass is 16.2. The quantitative estimate of drug-likeness (QED) is 0.660. The molecular weight excluding hydrogens is 316 g/mol. The zero-order chi connectivity index (χ0) is 18.0. The molecule has 1 aromatic carbocycles. The topological polar surface area (TPSA) is 78.9 Å². The van der Waals surface area contributed by atoms with Crippen molar-refractivity contribution in [3.63, 3.8) is 0 Å². The molecule has 0 fully saturated rings. The summed E-state index contributed by atoms with van der Waals surface area (Å²) < 4.78 is 2.20. The summed E-state index contributed by atoms with van der Waals surface area (Å²) in [5.74, 6) is -0.471. The number of anilines is 2. The van der Waals surface area contributed by atoms with Crippen LogP contribution < -0.4 is 10.6 Å². The zero-order valence-corrected chi connectivity index (χ0v) is 14.6. The van der Waals surface area contributed by atoms with E-state index in [4.69, 9.17) is 0 Å². The van der Waals surface area contributed by atoms with Gasteiger partial charge in [0.25, 0.3) is 5.91 Å². The largest absolute Gasteiger partial charge is 0.363 e. The van der Waals surface area contributed by atoms with Crippen LogP contribution in [-0.2, 0) is 11.3 Å². The summed E-state index contributed by atoms with van der Waals surface area (Å²) in [7, 11) is 0. The van der Waals surface area contributed by atoms with Gasteiger partial charge in [0, 0.05) is 48.1 Å². The molecule has 0 aliphatic heterocycles. The third kappa shape index (κ3) is 3.42. The lowest BCUT2D eigenvalue weighted by atomic mass is 10.2. The highest BCUT2D eigenvalue weighted by Gasteiger charge is 2.17. The first-order valence-corrected chi connectivity index (χ1v) is 8.35. The third-order valence-electron chi connectivity index (χ3n) is 4.11. The molecule has 0 aliphatic rings. The van der Waals surface area contributed by atoms with Crippen LogP contribution in [0, 0.1) is 6.92 Å². The molecule has 0 spiro atoms. The molecule has 2 aromatic heterocycles. The van der Waals surface area contributed by atoms with Crippen molar-refractivity contribution < 1.29 is 9.59 Å². The number of aryl methyl sites for hydroxylation is 2. The number of H-pyrrole nitrogens is 1. The van der Waals surface area contributed by atoms with Gasteiger partial charge in [0.1, 0.15) is 0 Å². The number of carbonyl (C=O) groups is 2. The van der Waals surface area contributed by atoms with Crippen molar-refractivity contribution in [2.24, 2.45) is 0 Å². The van der Waals surface area contributed by atoms with Gasteiger partial charge in [-0.3, -0.25) is 9.59 Å². The van der Waals surface area contributed by atoms with Gasteiger partial charge in [0.05, 0.1) is 11.3 Å². The smallest absolute Gasteiger partial charge is 0.259 e. The van der Waals surface area contributed by atoms with Gasteiger partial charge in [-0.25, -0.2) is 0 Å². The fraction of sp³-hybridized carbons (Fsp3) is 0.263. The first-order chi connectivity index (χ1) is 12.0. The second-order valence-corrected chi connectivity index (χ2v) is 6.12. The standard InChI is InChI=1S/C19H22N4O2/c1-4-8-23-9-7-14-10-15(5-6-17(14)23)22-19(25)18-12(2)20-11-16(18)21-13(3)24/h5-7,9-11,20H,4,8H2,1-3H3,(H,21,24)(H,22,25).